The van der Waals surface area contributed by atoms with E-state index in [2.05, 4.69) is 80.7 Å². The summed E-state index contributed by atoms with van der Waals surface area (Å²) in [4.78, 5) is 0. The smallest absolute Gasteiger partial charge is 0.0351 e. The van der Waals surface area contributed by atoms with Crippen molar-refractivity contribution in [1.82, 2.24) is 5.32 Å². The summed E-state index contributed by atoms with van der Waals surface area (Å²) in [5, 5.41) is 3.80. The van der Waals surface area contributed by atoms with E-state index in [1.807, 2.05) is 0 Å². The van der Waals surface area contributed by atoms with Crippen molar-refractivity contribution in [2.24, 2.45) is 5.92 Å². The van der Waals surface area contributed by atoms with Crippen LogP contribution in [-0.4, -0.2) is 0 Å². The highest BCUT2D eigenvalue weighted by Crippen LogP contribution is 2.27. The number of rotatable bonds is 7. The first kappa shape index (κ1) is 15.8. The molecule has 2 aromatic carbocycles. The fourth-order valence-electron chi connectivity index (χ4n) is 3.01. The molecule has 0 spiro atoms. The molecule has 0 saturated heterocycles. The quantitative estimate of drug-likeness (QED) is 0.729. The topological polar surface area (TPSA) is 12.0 Å². The van der Waals surface area contributed by atoms with Gasteiger partial charge in [-0.15, -0.1) is 0 Å². The Morgan fingerprint density at radius 3 is 2.10 bits per heavy atom. The molecule has 1 atom stereocenters. The summed E-state index contributed by atoms with van der Waals surface area (Å²) >= 11 is 0. The van der Waals surface area contributed by atoms with Crippen LogP contribution in [0.5, 0.6) is 0 Å². The van der Waals surface area contributed by atoms with Gasteiger partial charge < -0.3 is 5.32 Å². The van der Waals surface area contributed by atoms with Gasteiger partial charge in [0.05, 0.1) is 0 Å². The van der Waals surface area contributed by atoms with Crippen molar-refractivity contribution < 1.29 is 0 Å². The van der Waals surface area contributed by atoms with Crippen molar-refractivity contribution in [3.05, 3.63) is 71.3 Å². The lowest BCUT2D eigenvalue weighted by atomic mass is 9.88. The van der Waals surface area contributed by atoms with Gasteiger partial charge in [-0.05, 0) is 29.5 Å². The van der Waals surface area contributed by atoms with E-state index in [0.717, 1.165) is 6.54 Å². The van der Waals surface area contributed by atoms with Gasteiger partial charge in [0.1, 0.15) is 0 Å². The molecule has 0 amide bonds. The van der Waals surface area contributed by atoms with Crippen LogP contribution in [0.25, 0.3) is 0 Å². The Balaban J connectivity index is 2.15. The van der Waals surface area contributed by atoms with Gasteiger partial charge >= 0.3 is 0 Å². The van der Waals surface area contributed by atoms with Gasteiger partial charge in [0.25, 0.3) is 0 Å². The summed E-state index contributed by atoms with van der Waals surface area (Å²) in [5.41, 5.74) is 4.16. The Morgan fingerprint density at radius 1 is 0.857 bits per heavy atom. The maximum absolute atomic E-state index is 3.80. The summed E-state index contributed by atoms with van der Waals surface area (Å²) in [6.45, 7) is 7.70. The highest BCUT2D eigenvalue weighted by Gasteiger charge is 2.19. The van der Waals surface area contributed by atoms with Gasteiger partial charge in [0, 0.05) is 12.6 Å². The summed E-state index contributed by atoms with van der Waals surface area (Å²) < 4.78 is 0. The first-order valence-corrected chi connectivity index (χ1v) is 8.09. The van der Waals surface area contributed by atoms with Gasteiger partial charge in [-0.3, -0.25) is 0 Å². The van der Waals surface area contributed by atoms with Gasteiger partial charge in [-0.2, -0.15) is 0 Å². The summed E-state index contributed by atoms with van der Waals surface area (Å²) in [6, 6.07) is 19.9. The molecule has 0 saturated carbocycles. The van der Waals surface area contributed by atoms with Gasteiger partial charge in [0.2, 0.25) is 0 Å². The molecule has 112 valence electrons. The van der Waals surface area contributed by atoms with Crippen LogP contribution in [0, 0.1) is 12.8 Å². The molecule has 2 rings (SSSR count). The number of nitrogens with one attached hydrogen (secondary N) is 1. The average Bonchev–Trinajstić information content (AvgIpc) is 2.54. The number of hydrogen-bond donors (Lipinski definition) is 1. The predicted octanol–water partition coefficient (Wildman–Crippen LogP) is 5.26. The third-order valence-corrected chi connectivity index (χ3v) is 4.45. The second-order valence-electron chi connectivity index (χ2n) is 5.77. The fraction of sp³-hybridized carbons (Fsp3) is 0.400. The molecular weight excluding hydrogens is 254 g/mol. The van der Waals surface area contributed by atoms with Crippen molar-refractivity contribution >= 4 is 0 Å². The Kier molecular flexibility index (Phi) is 6.01. The van der Waals surface area contributed by atoms with Crippen LogP contribution < -0.4 is 5.32 Å². The van der Waals surface area contributed by atoms with Crippen LogP contribution in [0.4, 0.5) is 0 Å². The van der Waals surface area contributed by atoms with Gasteiger partial charge in [-0.25, -0.2) is 0 Å². The molecule has 0 aliphatic heterocycles. The zero-order valence-corrected chi connectivity index (χ0v) is 13.5. The third kappa shape index (κ3) is 4.18. The minimum absolute atomic E-state index is 0.431. The molecular formula is C20H27N. The van der Waals surface area contributed by atoms with E-state index in [0.29, 0.717) is 12.0 Å². The highest BCUT2D eigenvalue weighted by molar-refractivity contribution is 5.26. The lowest BCUT2D eigenvalue weighted by molar-refractivity contribution is 0.339. The molecule has 21 heavy (non-hydrogen) atoms. The first-order chi connectivity index (χ1) is 10.3. The maximum atomic E-state index is 3.80. The molecule has 0 bridgehead atoms. The SMILES string of the molecule is CCC(CC)C(NCc1ccccc1C)c1ccccc1. The largest absolute Gasteiger partial charge is 0.306 e. The molecule has 0 aliphatic carbocycles. The Morgan fingerprint density at radius 2 is 1.48 bits per heavy atom. The van der Waals surface area contributed by atoms with E-state index in [4.69, 9.17) is 0 Å². The lowest BCUT2D eigenvalue weighted by Gasteiger charge is -2.27. The lowest BCUT2D eigenvalue weighted by Crippen LogP contribution is -2.27. The second kappa shape index (κ2) is 7.99. The normalized spacial score (nSPS) is 12.6. The van der Waals surface area contributed by atoms with E-state index in [9.17, 15) is 0 Å². The van der Waals surface area contributed by atoms with Crippen molar-refractivity contribution in [1.29, 1.82) is 0 Å². The van der Waals surface area contributed by atoms with Crippen LogP contribution in [-0.2, 0) is 6.54 Å². The fourth-order valence-corrected chi connectivity index (χ4v) is 3.01. The van der Waals surface area contributed by atoms with Crippen LogP contribution in [0.1, 0.15) is 49.4 Å². The zero-order chi connectivity index (χ0) is 15.1. The van der Waals surface area contributed by atoms with E-state index < -0.39 is 0 Å². The van der Waals surface area contributed by atoms with E-state index >= 15 is 0 Å². The van der Waals surface area contributed by atoms with Crippen molar-refractivity contribution in [3.8, 4) is 0 Å². The molecule has 1 nitrogen and oxygen atoms in total. The Labute approximate surface area is 129 Å². The third-order valence-electron chi connectivity index (χ3n) is 4.45. The average molecular weight is 281 g/mol. The maximum Gasteiger partial charge on any atom is 0.0351 e. The van der Waals surface area contributed by atoms with Crippen LogP contribution in [0.15, 0.2) is 54.6 Å². The van der Waals surface area contributed by atoms with E-state index in [-0.39, 0.29) is 0 Å². The predicted molar refractivity (Wildman–Crippen MR) is 91.3 cm³/mol. The minimum Gasteiger partial charge on any atom is -0.306 e. The summed E-state index contributed by atoms with van der Waals surface area (Å²) in [6.07, 6.45) is 2.41. The molecule has 2 aromatic rings. The summed E-state index contributed by atoms with van der Waals surface area (Å²) in [5.74, 6) is 0.677. The van der Waals surface area contributed by atoms with Crippen LogP contribution >= 0.6 is 0 Å². The number of hydrogen-bond acceptors (Lipinski definition) is 1. The standard InChI is InChI=1S/C20H27N/c1-4-17(5-2)20(18-12-7-6-8-13-18)21-15-19-14-10-9-11-16(19)3/h6-14,17,20-21H,4-5,15H2,1-3H3. The number of benzene rings is 2. The molecule has 0 radical (unpaired) electrons. The Hall–Kier alpha value is -1.60. The molecule has 0 heterocycles. The monoisotopic (exact) mass is 281 g/mol. The molecule has 0 aromatic heterocycles. The van der Waals surface area contributed by atoms with E-state index in [1.165, 1.54) is 29.5 Å². The van der Waals surface area contributed by atoms with Crippen molar-refractivity contribution in [2.75, 3.05) is 0 Å². The minimum atomic E-state index is 0.431. The number of aryl methyl sites for hydroxylation is 1. The van der Waals surface area contributed by atoms with Crippen molar-refractivity contribution in [3.63, 3.8) is 0 Å². The van der Waals surface area contributed by atoms with Gasteiger partial charge in [-0.1, -0.05) is 81.3 Å². The Bertz CT molecular complexity index is 529. The second-order valence-corrected chi connectivity index (χ2v) is 5.77. The molecule has 0 fully saturated rings. The van der Waals surface area contributed by atoms with Crippen molar-refractivity contribution in [2.45, 2.75) is 46.2 Å². The van der Waals surface area contributed by atoms with Crippen LogP contribution in [0.2, 0.25) is 0 Å². The zero-order valence-electron chi connectivity index (χ0n) is 13.5. The highest BCUT2D eigenvalue weighted by atomic mass is 14.9. The van der Waals surface area contributed by atoms with Crippen LogP contribution in [0.3, 0.4) is 0 Å². The summed E-state index contributed by atoms with van der Waals surface area (Å²) in [7, 11) is 0. The molecule has 0 aliphatic rings. The van der Waals surface area contributed by atoms with E-state index in [1.54, 1.807) is 0 Å². The van der Waals surface area contributed by atoms with Gasteiger partial charge in [0.15, 0.2) is 0 Å². The molecule has 1 N–H and O–H groups in total. The first-order valence-electron chi connectivity index (χ1n) is 8.09. The molecule has 1 unspecified atom stereocenters. The molecule has 1 heteroatoms.